The Balaban J connectivity index is 1.46. The summed E-state index contributed by atoms with van der Waals surface area (Å²) in [4.78, 5) is 0. The maximum Gasteiger partial charge on any atom is 0.0208 e. The van der Waals surface area contributed by atoms with Crippen LogP contribution in [0, 0.1) is 6.92 Å². The quantitative estimate of drug-likeness (QED) is 0.850. The van der Waals surface area contributed by atoms with E-state index in [9.17, 15) is 0 Å². The first-order chi connectivity index (χ1) is 9.70. The van der Waals surface area contributed by atoms with E-state index in [0.717, 1.165) is 16.9 Å². The van der Waals surface area contributed by atoms with E-state index in [1.165, 1.54) is 29.5 Å². The fourth-order valence-corrected chi connectivity index (χ4v) is 3.02. The van der Waals surface area contributed by atoms with Gasteiger partial charge in [0, 0.05) is 17.1 Å². The van der Waals surface area contributed by atoms with E-state index in [0.29, 0.717) is 6.04 Å². The highest BCUT2D eigenvalue weighted by atomic mass is 79.9. The van der Waals surface area contributed by atoms with E-state index in [1.54, 1.807) is 0 Å². The normalized spacial score (nSPS) is 21.5. The van der Waals surface area contributed by atoms with Gasteiger partial charge in [-0.1, -0.05) is 57.9 Å². The molecular weight excluding hydrogens is 310 g/mol. The Morgan fingerprint density at radius 3 is 2.30 bits per heavy atom. The van der Waals surface area contributed by atoms with Gasteiger partial charge in [0.1, 0.15) is 0 Å². The predicted molar refractivity (Wildman–Crippen MR) is 87.9 cm³/mol. The van der Waals surface area contributed by atoms with Crippen LogP contribution < -0.4 is 5.32 Å². The lowest BCUT2D eigenvalue weighted by atomic mass is 9.75. The van der Waals surface area contributed by atoms with Gasteiger partial charge in [0.15, 0.2) is 0 Å². The van der Waals surface area contributed by atoms with Crippen molar-refractivity contribution < 1.29 is 0 Å². The molecule has 0 heterocycles. The van der Waals surface area contributed by atoms with E-state index in [2.05, 4.69) is 76.7 Å². The first-order valence-electron chi connectivity index (χ1n) is 7.25. The molecule has 2 aromatic carbocycles. The minimum Gasteiger partial charge on any atom is -0.310 e. The maximum atomic E-state index is 3.65. The topological polar surface area (TPSA) is 12.0 Å². The third-order valence-electron chi connectivity index (χ3n) is 4.19. The van der Waals surface area contributed by atoms with E-state index in [4.69, 9.17) is 0 Å². The van der Waals surface area contributed by atoms with Gasteiger partial charge in [-0.05, 0) is 48.9 Å². The molecule has 1 aliphatic rings. The monoisotopic (exact) mass is 329 g/mol. The van der Waals surface area contributed by atoms with Crippen molar-refractivity contribution in [1.29, 1.82) is 0 Å². The van der Waals surface area contributed by atoms with Gasteiger partial charge < -0.3 is 5.32 Å². The highest BCUT2D eigenvalue weighted by Crippen LogP contribution is 2.37. The van der Waals surface area contributed by atoms with Crippen molar-refractivity contribution in [1.82, 2.24) is 5.32 Å². The molecule has 1 aliphatic carbocycles. The first-order valence-corrected chi connectivity index (χ1v) is 8.04. The van der Waals surface area contributed by atoms with Crippen molar-refractivity contribution in [2.45, 2.75) is 38.3 Å². The molecule has 20 heavy (non-hydrogen) atoms. The van der Waals surface area contributed by atoms with Gasteiger partial charge in [-0.15, -0.1) is 0 Å². The molecule has 1 nitrogen and oxygen atoms in total. The Hall–Kier alpha value is -1.12. The Bertz CT molecular complexity index is 550. The second-order valence-corrected chi connectivity index (χ2v) is 6.70. The lowest BCUT2D eigenvalue weighted by Crippen LogP contribution is -2.39. The SMILES string of the molecule is Cc1ccc(C2CC(NCc3ccc(Br)cc3)C2)cc1. The van der Waals surface area contributed by atoms with Crippen LogP contribution in [0.3, 0.4) is 0 Å². The molecule has 0 bridgehead atoms. The van der Waals surface area contributed by atoms with Crippen LogP contribution in [0.1, 0.15) is 35.4 Å². The van der Waals surface area contributed by atoms with E-state index < -0.39 is 0 Å². The molecule has 0 radical (unpaired) electrons. The van der Waals surface area contributed by atoms with Crippen LogP contribution in [-0.4, -0.2) is 6.04 Å². The maximum absolute atomic E-state index is 3.65. The molecule has 0 aromatic heterocycles. The Kier molecular flexibility index (Phi) is 4.23. The molecule has 104 valence electrons. The third kappa shape index (κ3) is 3.31. The Morgan fingerprint density at radius 2 is 1.65 bits per heavy atom. The molecule has 2 aromatic rings. The van der Waals surface area contributed by atoms with E-state index in [1.807, 2.05) is 0 Å². The van der Waals surface area contributed by atoms with Crippen molar-refractivity contribution in [3.05, 3.63) is 69.7 Å². The summed E-state index contributed by atoms with van der Waals surface area (Å²) in [6, 6.07) is 18.2. The fraction of sp³-hybridized carbons (Fsp3) is 0.333. The standard InChI is InChI=1S/C18H20BrN/c1-13-2-6-15(7-3-13)16-10-18(11-16)20-12-14-4-8-17(19)9-5-14/h2-9,16,18,20H,10-12H2,1H3. The number of aryl methyl sites for hydroxylation is 1. The summed E-state index contributed by atoms with van der Waals surface area (Å²) in [5.41, 5.74) is 4.20. The van der Waals surface area contributed by atoms with Gasteiger partial charge in [0.05, 0.1) is 0 Å². The lowest BCUT2D eigenvalue weighted by Gasteiger charge is -2.36. The van der Waals surface area contributed by atoms with Crippen LogP contribution in [0.15, 0.2) is 53.0 Å². The average molecular weight is 330 g/mol. The molecule has 1 saturated carbocycles. The summed E-state index contributed by atoms with van der Waals surface area (Å²) in [5.74, 6) is 0.748. The van der Waals surface area contributed by atoms with Crippen LogP contribution >= 0.6 is 15.9 Å². The Morgan fingerprint density at radius 1 is 1.00 bits per heavy atom. The minimum atomic E-state index is 0.671. The van der Waals surface area contributed by atoms with Crippen molar-refractivity contribution in [3.63, 3.8) is 0 Å². The van der Waals surface area contributed by atoms with Gasteiger partial charge in [0.2, 0.25) is 0 Å². The first kappa shape index (κ1) is 13.8. The second kappa shape index (κ2) is 6.11. The summed E-state index contributed by atoms with van der Waals surface area (Å²) in [7, 11) is 0. The van der Waals surface area contributed by atoms with Gasteiger partial charge in [-0.3, -0.25) is 0 Å². The zero-order valence-corrected chi connectivity index (χ0v) is 13.4. The fourth-order valence-electron chi connectivity index (χ4n) is 2.76. The minimum absolute atomic E-state index is 0.671. The number of hydrogen-bond donors (Lipinski definition) is 1. The third-order valence-corrected chi connectivity index (χ3v) is 4.72. The van der Waals surface area contributed by atoms with Crippen molar-refractivity contribution in [2.24, 2.45) is 0 Å². The zero-order valence-electron chi connectivity index (χ0n) is 11.8. The summed E-state index contributed by atoms with van der Waals surface area (Å²) >= 11 is 3.47. The molecule has 0 unspecified atom stereocenters. The molecule has 1 N–H and O–H groups in total. The number of hydrogen-bond acceptors (Lipinski definition) is 1. The predicted octanol–water partition coefficient (Wildman–Crippen LogP) is 4.79. The molecule has 3 rings (SSSR count). The van der Waals surface area contributed by atoms with Gasteiger partial charge in [0.25, 0.3) is 0 Å². The van der Waals surface area contributed by atoms with Crippen LogP contribution in [0.5, 0.6) is 0 Å². The molecule has 0 aliphatic heterocycles. The molecular formula is C18H20BrN. The van der Waals surface area contributed by atoms with Crippen molar-refractivity contribution in [3.8, 4) is 0 Å². The summed E-state index contributed by atoms with van der Waals surface area (Å²) in [6.45, 7) is 3.12. The number of benzene rings is 2. The molecule has 0 amide bonds. The molecule has 2 heteroatoms. The molecule has 0 saturated heterocycles. The van der Waals surface area contributed by atoms with E-state index in [-0.39, 0.29) is 0 Å². The smallest absolute Gasteiger partial charge is 0.0208 e. The van der Waals surface area contributed by atoms with Crippen molar-refractivity contribution in [2.75, 3.05) is 0 Å². The summed E-state index contributed by atoms with van der Waals surface area (Å²) in [5, 5.41) is 3.65. The second-order valence-electron chi connectivity index (χ2n) is 5.78. The molecule has 0 spiro atoms. The number of nitrogens with one attached hydrogen (secondary N) is 1. The highest BCUT2D eigenvalue weighted by molar-refractivity contribution is 9.10. The summed E-state index contributed by atoms with van der Waals surface area (Å²) < 4.78 is 1.14. The lowest BCUT2D eigenvalue weighted by molar-refractivity contribution is 0.289. The van der Waals surface area contributed by atoms with Gasteiger partial charge in [-0.2, -0.15) is 0 Å². The van der Waals surface area contributed by atoms with Crippen LogP contribution in [-0.2, 0) is 6.54 Å². The van der Waals surface area contributed by atoms with E-state index >= 15 is 0 Å². The molecule has 0 atom stereocenters. The largest absolute Gasteiger partial charge is 0.310 e. The van der Waals surface area contributed by atoms with Crippen LogP contribution in [0.25, 0.3) is 0 Å². The number of rotatable bonds is 4. The average Bonchev–Trinajstić information content (AvgIpc) is 2.41. The van der Waals surface area contributed by atoms with Gasteiger partial charge >= 0.3 is 0 Å². The number of halogens is 1. The van der Waals surface area contributed by atoms with Crippen LogP contribution in [0.4, 0.5) is 0 Å². The Labute approximate surface area is 129 Å². The van der Waals surface area contributed by atoms with Gasteiger partial charge in [-0.25, -0.2) is 0 Å². The van der Waals surface area contributed by atoms with Crippen LogP contribution in [0.2, 0.25) is 0 Å². The van der Waals surface area contributed by atoms with Crippen molar-refractivity contribution >= 4 is 15.9 Å². The summed E-state index contributed by atoms with van der Waals surface area (Å²) in [6.07, 6.45) is 2.53. The molecule has 1 fully saturated rings. The highest BCUT2D eigenvalue weighted by Gasteiger charge is 2.29. The zero-order chi connectivity index (χ0) is 13.9.